The fourth-order valence-electron chi connectivity index (χ4n) is 6.95. The number of hydrogen-bond donors (Lipinski definition) is 6. The Bertz CT molecular complexity index is 2510. The number of rotatable bonds is 23. The van der Waals surface area contributed by atoms with E-state index in [2.05, 4.69) is 90.6 Å². The summed E-state index contributed by atoms with van der Waals surface area (Å²) in [5.41, 5.74) is 10.1. The molecule has 0 radical (unpaired) electrons. The van der Waals surface area contributed by atoms with E-state index in [-0.39, 0.29) is 52.7 Å². The number of benzene rings is 4. The summed E-state index contributed by atoms with van der Waals surface area (Å²) in [6.45, 7) is 5.36. The van der Waals surface area contributed by atoms with Crippen molar-refractivity contribution in [2.75, 3.05) is 26.3 Å². The predicted molar refractivity (Wildman–Crippen MR) is 254 cm³/mol. The third-order valence-corrected chi connectivity index (χ3v) is 11.9. The van der Waals surface area contributed by atoms with Crippen molar-refractivity contribution in [3.05, 3.63) is 162 Å². The van der Waals surface area contributed by atoms with Crippen LogP contribution in [0.1, 0.15) is 55.6 Å². The lowest BCUT2D eigenvalue weighted by atomic mass is 9.92. The Morgan fingerprint density at radius 1 is 0.561 bits per heavy atom. The molecule has 0 aliphatic carbocycles. The van der Waals surface area contributed by atoms with E-state index >= 15 is 0 Å². The van der Waals surface area contributed by atoms with Gasteiger partial charge in [-0.3, -0.25) is 9.97 Å². The van der Waals surface area contributed by atoms with Crippen molar-refractivity contribution in [1.82, 2.24) is 20.6 Å². The van der Waals surface area contributed by atoms with E-state index in [1.807, 2.05) is 48.5 Å². The van der Waals surface area contributed by atoms with Gasteiger partial charge in [-0.25, -0.2) is 0 Å². The lowest BCUT2D eigenvalue weighted by Crippen LogP contribution is -2.29. The van der Waals surface area contributed by atoms with E-state index in [1.165, 1.54) is 12.4 Å². The third-order valence-electron chi connectivity index (χ3n) is 10.6. The zero-order valence-corrected chi connectivity index (χ0v) is 39.6. The van der Waals surface area contributed by atoms with Crippen molar-refractivity contribution < 1.29 is 39.4 Å². The minimum Gasteiger partial charge on any atom is -0.488 e. The highest BCUT2D eigenvalue weighted by atomic mass is 79.9. The van der Waals surface area contributed by atoms with Crippen molar-refractivity contribution in [2.24, 2.45) is 0 Å². The quantitative estimate of drug-likeness (QED) is 0.0374. The van der Waals surface area contributed by atoms with Crippen LogP contribution in [0.5, 0.6) is 23.0 Å². The van der Waals surface area contributed by atoms with Gasteiger partial charge in [0.25, 0.3) is 0 Å². The molecule has 66 heavy (non-hydrogen) atoms. The van der Waals surface area contributed by atoms with Gasteiger partial charge in [0, 0.05) is 85.4 Å². The Morgan fingerprint density at radius 2 is 0.970 bits per heavy atom. The first kappa shape index (κ1) is 49.5. The molecular weight excluding hydrogens is 972 g/mol. The number of halogens is 2. The Hall–Kier alpha value is -5.92. The van der Waals surface area contributed by atoms with E-state index < -0.39 is 12.2 Å². The Kier molecular flexibility index (Phi) is 18.4. The van der Waals surface area contributed by atoms with Crippen molar-refractivity contribution in [3.63, 3.8) is 0 Å². The fraction of sp³-hybridized carbons (Fsp3) is 0.280. The van der Waals surface area contributed by atoms with Gasteiger partial charge in [-0.05, 0) is 103 Å². The molecule has 2 aromatic heterocycles. The van der Waals surface area contributed by atoms with Crippen LogP contribution in [0.3, 0.4) is 0 Å². The van der Waals surface area contributed by atoms with Gasteiger partial charge in [0.15, 0.2) is 0 Å². The molecule has 2 unspecified atom stereocenters. The summed E-state index contributed by atoms with van der Waals surface area (Å²) < 4.78 is 26.8. The lowest BCUT2D eigenvalue weighted by Gasteiger charge is -2.19. The largest absolute Gasteiger partial charge is 0.488 e. The van der Waals surface area contributed by atoms with Gasteiger partial charge >= 0.3 is 0 Å². The summed E-state index contributed by atoms with van der Waals surface area (Å²) in [6, 6.07) is 27.3. The van der Waals surface area contributed by atoms with E-state index in [1.54, 1.807) is 24.5 Å². The van der Waals surface area contributed by atoms with Crippen LogP contribution < -0.4 is 29.6 Å². The minimum atomic E-state index is -0.903. The van der Waals surface area contributed by atoms with E-state index in [0.717, 1.165) is 55.6 Å². The number of aromatic nitrogens is 2. The molecule has 0 spiro atoms. The number of pyridine rings is 2. The van der Waals surface area contributed by atoms with Crippen LogP contribution in [-0.2, 0) is 39.5 Å². The molecule has 2 atom stereocenters. The number of nitriles is 2. The van der Waals surface area contributed by atoms with Gasteiger partial charge in [0.1, 0.15) is 61.6 Å². The molecule has 4 aromatic carbocycles. The summed E-state index contributed by atoms with van der Waals surface area (Å²) in [5.74, 6) is 2.20. The van der Waals surface area contributed by atoms with E-state index in [4.69, 9.17) is 18.9 Å². The van der Waals surface area contributed by atoms with Gasteiger partial charge in [-0.1, -0.05) is 36.4 Å². The SMILES string of the molecule is Cc1c(COc2cc(OCc3cncc(C#N)c3)c(CNCC(O)CO)cc2Br)cccc1-c1cccc(COc2cc(OCc3cncc(C#N)c3)c(CNCC(O)CO)cc2Br)c1C. The summed E-state index contributed by atoms with van der Waals surface area (Å²) in [5, 5.41) is 63.3. The van der Waals surface area contributed by atoms with E-state index in [0.29, 0.717) is 56.2 Å². The van der Waals surface area contributed by atoms with Crippen LogP contribution in [0.4, 0.5) is 0 Å². The molecule has 14 nitrogen and oxygen atoms in total. The van der Waals surface area contributed by atoms with Crippen LogP contribution in [0, 0.1) is 36.5 Å². The molecular formula is C50H50Br2N6O8. The van der Waals surface area contributed by atoms with Crippen molar-refractivity contribution in [1.29, 1.82) is 10.5 Å². The summed E-state index contributed by atoms with van der Waals surface area (Å²) >= 11 is 7.36. The monoisotopic (exact) mass is 1020 g/mol. The summed E-state index contributed by atoms with van der Waals surface area (Å²) in [4.78, 5) is 8.28. The smallest absolute Gasteiger partial charge is 0.137 e. The predicted octanol–water partition coefficient (Wildman–Crippen LogP) is 7.23. The number of ether oxygens (including phenoxy) is 4. The Morgan fingerprint density at radius 3 is 1.36 bits per heavy atom. The molecule has 0 amide bonds. The molecule has 0 aliphatic rings. The third kappa shape index (κ3) is 13.6. The standard InChI is InChI=1S/C50H50Br2N6O8/c1-31-37(29-65-49-13-47(63-27-35-9-33(15-53)17-55-19-35)39(11-45(49)51)21-57-23-41(61)25-59)5-3-7-43(31)44-8-4-6-38(32(44)2)30-66-50-14-48(64-28-36-10-34(16-54)18-56-20-36)40(12-46(50)52)22-58-24-42(62)26-60/h3-14,17-20,41-42,57-62H,21-30H2,1-2H3. The molecule has 0 saturated heterocycles. The number of hydrogen-bond acceptors (Lipinski definition) is 14. The van der Waals surface area contributed by atoms with Crippen molar-refractivity contribution in [2.45, 2.75) is 65.6 Å². The molecule has 0 aliphatic heterocycles. The maximum absolute atomic E-state index is 9.87. The lowest BCUT2D eigenvalue weighted by molar-refractivity contribution is 0.0941. The van der Waals surface area contributed by atoms with Gasteiger partial charge in [-0.2, -0.15) is 10.5 Å². The average Bonchev–Trinajstić information content (AvgIpc) is 3.33. The molecule has 6 rings (SSSR count). The molecule has 2 heterocycles. The van der Waals surface area contributed by atoms with Gasteiger partial charge in [0.2, 0.25) is 0 Å². The normalized spacial score (nSPS) is 11.9. The molecule has 0 saturated carbocycles. The summed E-state index contributed by atoms with van der Waals surface area (Å²) in [7, 11) is 0. The molecule has 6 aromatic rings. The second kappa shape index (κ2) is 24.6. The Labute approximate surface area is 400 Å². The van der Waals surface area contributed by atoms with Gasteiger partial charge in [-0.15, -0.1) is 0 Å². The van der Waals surface area contributed by atoms with Gasteiger partial charge in [0.05, 0.1) is 45.5 Å². The molecule has 16 heteroatoms. The highest BCUT2D eigenvalue weighted by Crippen LogP contribution is 2.37. The first-order valence-electron chi connectivity index (χ1n) is 21.0. The molecule has 0 bridgehead atoms. The minimum absolute atomic E-state index is 0.162. The van der Waals surface area contributed by atoms with Crippen LogP contribution in [-0.4, -0.2) is 68.9 Å². The fourth-order valence-corrected chi connectivity index (χ4v) is 7.96. The van der Waals surface area contributed by atoms with Crippen LogP contribution in [0.25, 0.3) is 11.1 Å². The number of aliphatic hydroxyl groups is 4. The zero-order valence-electron chi connectivity index (χ0n) is 36.4. The first-order valence-corrected chi connectivity index (χ1v) is 22.6. The highest BCUT2D eigenvalue weighted by molar-refractivity contribution is 9.11. The summed E-state index contributed by atoms with van der Waals surface area (Å²) in [6.07, 6.45) is 4.47. The van der Waals surface area contributed by atoms with Crippen LogP contribution in [0.2, 0.25) is 0 Å². The number of aliphatic hydroxyl groups excluding tert-OH is 4. The van der Waals surface area contributed by atoms with Crippen molar-refractivity contribution in [3.8, 4) is 46.3 Å². The molecule has 0 fully saturated rings. The van der Waals surface area contributed by atoms with Crippen molar-refractivity contribution >= 4 is 31.9 Å². The van der Waals surface area contributed by atoms with Gasteiger partial charge < -0.3 is 50.0 Å². The second-order valence-electron chi connectivity index (χ2n) is 15.4. The van der Waals surface area contributed by atoms with E-state index in [9.17, 15) is 30.9 Å². The second-order valence-corrected chi connectivity index (χ2v) is 17.1. The first-order chi connectivity index (χ1) is 32.0. The maximum Gasteiger partial charge on any atom is 0.137 e. The highest BCUT2D eigenvalue weighted by Gasteiger charge is 2.17. The maximum atomic E-state index is 9.87. The topological polar surface area (TPSA) is 215 Å². The van der Waals surface area contributed by atoms with Crippen LogP contribution in [0.15, 0.2) is 107 Å². The zero-order chi connectivity index (χ0) is 47.0. The molecule has 342 valence electrons. The average molecular weight is 1020 g/mol. The number of nitrogens with zero attached hydrogens (tertiary/aromatic N) is 4. The van der Waals surface area contributed by atoms with Crippen LogP contribution >= 0.6 is 31.9 Å². The molecule has 6 N–H and O–H groups in total. The Balaban J connectivity index is 1.18. The number of nitrogens with one attached hydrogen (secondary N) is 2.